The Bertz CT molecular complexity index is 1470. The van der Waals surface area contributed by atoms with Crippen molar-refractivity contribution >= 4 is 28.8 Å². The van der Waals surface area contributed by atoms with Crippen LogP contribution in [0.5, 0.6) is 5.75 Å². The number of carbonyl (C=O) groups excluding carboxylic acids is 1. The third-order valence-corrected chi connectivity index (χ3v) is 7.84. The zero-order valence-electron chi connectivity index (χ0n) is 22.7. The van der Waals surface area contributed by atoms with Gasteiger partial charge in [0.1, 0.15) is 29.5 Å². The van der Waals surface area contributed by atoms with Gasteiger partial charge < -0.3 is 19.7 Å². The number of halogens is 2. The molecule has 4 heterocycles. The molecule has 11 heteroatoms. The first-order valence-electron chi connectivity index (χ1n) is 13.6. The van der Waals surface area contributed by atoms with Gasteiger partial charge >= 0.3 is 0 Å². The number of benzene rings is 2. The highest BCUT2D eigenvalue weighted by Crippen LogP contribution is 2.41. The normalized spacial score (nSPS) is 21.4. The summed E-state index contributed by atoms with van der Waals surface area (Å²) in [4.78, 5) is 28.9. The van der Waals surface area contributed by atoms with Crippen LogP contribution in [0.25, 0.3) is 0 Å². The van der Waals surface area contributed by atoms with Gasteiger partial charge in [-0.3, -0.25) is 9.63 Å². The molecule has 0 radical (unpaired) electrons. The van der Waals surface area contributed by atoms with Gasteiger partial charge in [0, 0.05) is 42.8 Å². The number of hydrogen-bond acceptors (Lipinski definition) is 9. The molecular weight excluding hydrogens is 532 g/mol. The first-order valence-corrected chi connectivity index (χ1v) is 13.6. The number of methoxy groups -OCH3 is 1. The van der Waals surface area contributed by atoms with E-state index in [-0.39, 0.29) is 23.5 Å². The molecule has 0 aliphatic carbocycles. The minimum absolute atomic E-state index is 0.0251. The summed E-state index contributed by atoms with van der Waals surface area (Å²) in [6.45, 7) is 5.41. The molecule has 3 aromatic rings. The third-order valence-electron chi connectivity index (χ3n) is 7.84. The number of ether oxygens (including phenoxy) is 2. The summed E-state index contributed by atoms with van der Waals surface area (Å²) in [5.41, 5.74) is 2.88. The minimum Gasteiger partial charge on any atom is -0.494 e. The smallest absolute Gasteiger partial charge is 0.158 e. The van der Waals surface area contributed by atoms with E-state index in [2.05, 4.69) is 26.8 Å². The molecule has 214 valence electrons. The number of nitrogens with zero attached hydrogens (tertiary/aromatic N) is 4. The van der Waals surface area contributed by atoms with Gasteiger partial charge in [0.15, 0.2) is 11.6 Å². The van der Waals surface area contributed by atoms with Gasteiger partial charge in [-0.2, -0.15) is 0 Å². The van der Waals surface area contributed by atoms with E-state index in [1.54, 1.807) is 13.2 Å². The Kier molecular flexibility index (Phi) is 7.55. The van der Waals surface area contributed by atoms with Gasteiger partial charge in [0.2, 0.25) is 0 Å². The quantitative estimate of drug-likeness (QED) is 0.340. The number of hydrogen-bond donors (Lipinski definition) is 1. The molecular formula is C30H31F2N5O4. The monoisotopic (exact) mass is 563 g/mol. The van der Waals surface area contributed by atoms with Crippen LogP contribution in [0.4, 0.5) is 31.8 Å². The van der Waals surface area contributed by atoms with Crippen LogP contribution >= 0.6 is 0 Å². The highest BCUT2D eigenvalue weighted by molar-refractivity contribution is 5.89. The van der Waals surface area contributed by atoms with Crippen LogP contribution in [-0.2, 0) is 20.8 Å². The molecule has 2 bridgehead atoms. The number of ketones is 1. The molecule has 0 saturated carbocycles. The van der Waals surface area contributed by atoms with Crippen molar-refractivity contribution in [2.75, 3.05) is 42.1 Å². The number of anilines is 4. The predicted octanol–water partition coefficient (Wildman–Crippen LogP) is 5.06. The summed E-state index contributed by atoms with van der Waals surface area (Å²) >= 11 is 0. The topological polar surface area (TPSA) is 89.1 Å². The Morgan fingerprint density at radius 1 is 1.24 bits per heavy atom. The van der Waals surface area contributed by atoms with Crippen molar-refractivity contribution in [3.63, 3.8) is 0 Å². The van der Waals surface area contributed by atoms with Crippen LogP contribution in [0.1, 0.15) is 36.4 Å². The summed E-state index contributed by atoms with van der Waals surface area (Å²) in [5.74, 6) is 0.409. The summed E-state index contributed by atoms with van der Waals surface area (Å²) in [7, 11) is 1.60. The zero-order chi connectivity index (χ0) is 28.5. The van der Waals surface area contributed by atoms with Gasteiger partial charge in [-0.05, 0) is 48.7 Å². The number of rotatable bonds is 10. The second-order valence-corrected chi connectivity index (χ2v) is 10.4. The number of aromatic nitrogens is 2. The van der Waals surface area contributed by atoms with Crippen LogP contribution in [-0.4, -0.2) is 54.8 Å². The Balaban J connectivity index is 1.30. The van der Waals surface area contributed by atoms with E-state index < -0.39 is 17.7 Å². The van der Waals surface area contributed by atoms with Gasteiger partial charge in [-0.15, -0.1) is 0 Å². The van der Waals surface area contributed by atoms with E-state index in [4.69, 9.17) is 14.3 Å². The number of carbonyl (C=O) groups is 1. The third kappa shape index (κ3) is 5.47. The number of nitrogens with one attached hydrogen (secondary N) is 1. The van der Waals surface area contributed by atoms with Crippen LogP contribution in [0.3, 0.4) is 0 Å². The van der Waals surface area contributed by atoms with Crippen molar-refractivity contribution in [3.8, 4) is 5.75 Å². The Hall–Kier alpha value is -4.09. The number of fused-ring (bicyclic) bond motifs is 2. The summed E-state index contributed by atoms with van der Waals surface area (Å²) in [6, 6.07) is 8.79. The lowest BCUT2D eigenvalue weighted by molar-refractivity contribution is -0.114. The maximum absolute atomic E-state index is 14.6. The highest BCUT2D eigenvalue weighted by Gasteiger charge is 2.40. The zero-order valence-corrected chi connectivity index (χ0v) is 22.7. The Morgan fingerprint density at radius 2 is 2.12 bits per heavy atom. The van der Waals surface area contributed by atoms with Crippen LogP contribution in [0, 0.1) is 11.6 Å². The molecule has 3 saturated heterocycles. The maximum Gasteiger partial charge on any atom is 0.158 e. The Labute approximate surface area is 236 Å². The molecule has 3 aliphatic heterocycles. The van der Waals surface area contributed by atoms with E-state index in [1.807, 2.05) is 12.1 Å². The number of aryl methyl sites for hydroxylation is 1. The maximum atomic E-state index is 14.6. The van der Waals surface area contributed by atoms with Crippen molar-refractivity contribution in [2.45, 2.75) is 43.9 Å². The lowest BCUT2D eigenvalue weighted by Gasteiger charge is -2.31. The van der Waals surface area contributed by atoms with E-state index >= 15 is 0 Å². The fourth-order valence-corrected chi connectivity index (χ4v) is 5.82. The lowest BCUT2D eigenvalue weighted by atomic mass is 10.0. The fraction of sp³-hybridized carbons (Fsp3) is 0.367. The molecule has 0 amide bonds. The van der Waals surface area contributed by atoms with Crippen LogP contribution in [0.15, 0.2) is 55.4 Å². The second kappa shape index (κ2) is 11.4. The van der Waals surface area contributed by atoms with E-state index in [1.165, 1.54) is 23.5 Å². The molecule has 3 atom stereocenters. The van der Waals surface area contributed by atoms with Crippen LogP contribution < -0.4 is 20.0 Å². The Morgan fingerprint density at radius 3 is 2.88 bits per heavy atom. The average molecular weight is 564 g/mol. The van der Waals surface area contributed by atoms with Gasteiger partial charge in [0.25, 0.3) is 0 Å². The number of allylic oxidation sites excluding steroid dienone is 1. The summed E-state index contributed by atoms with van der Waals surface area (Å²) < 4.78 is 40.1. The SMILES string of the molecule is C=CC(=O)CCc1cc(Nc2cc(N3OCC[C@@H]3c3cc(F)ccc3F)ncn2)c(OC)cc1N1C[C@H]2C[C@@H]1CO2. The highest BCUT2D eigenvalue weighted by atomic mass is 19.1. The average Bonchev–Trinajstić information content (AvgIpc) is 3.75. The van der Waals surface area contributed by atoms with Crippen molar-refractivity contribution in [2.24, 2.45) is 0 Å². The van der Waals surface area contributed by atoms with Crippen LogP contribution in [0.2, 0.25) is 0 Å². The first-order chi connectivity index (χ1) is 19.9. The fourth-order valence-electron chi connectivity index (χ4n) is 5.82. The molecule has 0 unspecified atom stereocenters. The lowest BCUT2D eigenvalue weighted by Crippen LogP contribution is -2.37. The number of hydroxylamine groups is 1. The van der Waals surface area contributed by atoms with Crippen molar-refractivity contribution in [1.82, 2.24) is 9.97 Å². The van der Waals surface area contributed by atoms with E-state index in [0.717, 1.165) is 36.3 Å². The molecule has 41 heavy (non-hydrogen) atoms. The number of morpholine rings is 1. The molecule has 9 nitrogen and oxygen atoms in total. The van der Waals surface area contributed by atoms with Gasteiger partial charge in [-0.25, -0.2) is 23.8 Å². The predicted molar refractivity (Wildman–Crippen MR) is 149 cm³/mol. The summed E-state index contributed by atoms with van der Waals surface area (Å²) in [6.07, 6.45) is 5.26. The summed E-state index contributed by atoms with van der Waals surface area (Å²) in [5, 5.41) is 4.80. The van der Waals surface area contributed by atoms with Gasteiger partial charge in [-0.1, -0.05) is 6.58 Å². The molecule has 0 spiro atoms. The largest absolute Gasteiger partial charge is 0.494 e. The van der Waals surface area contributed by atoms with Gasteiger partial charge in [0.05, 0.1) is 44.2 Å². The molecule has 1 aromatic heterocycles. The molecule has 2 aromatic carbocycles. The molecule has 1 N–H and O–H groups in total. The minimum atomic E-state index is -0.545. The van der Waals surface area contributed by atoms with Crippen molar-refractivity contribution in [1.29, 1.82) is 0 Å². The molecule has 6 rings (SSSR count). The molecule has 3 aliphatic rings. The van der Waals surface area contributed by atoms with E-state index in [9.17, 15) is 13.6 Å². The van der Waals surface area contributed by atoms with Crippen molar-refractivity contribution in [3.05, 3.63) is 78.1 Å². The second-order valence-electron chi connectivity index (χ2n) is 10.4. The standard InChI is InChI=1S/C30H31F2N5O4/c1-3-21(38)6-4-18-10-25(28(39-2)13-27(18)36-15-22-12-20(36)16-40-22)35-29-14-30(34-17-33-29)37-26(8-9-41-37)23-11-19(31)5-7-24(23)32/h3,5,7,10-11,13-14,17,20,22,26H,1,4,6,8-9,12,15-16H2,2H3,(H,33,34,35)/t20-,22-,26-/m1/s1. The first kappa shape index (κ1) is 27.1. The van der Waals surface area contributed by atoms with Crippen molar-refractivity contribution < 1.29 is 27.9 Å². The molecule has 3 fully saturated rings. The van der Waals surface area contributed by atoms with E-state index in [0.29, 0.717) is 55.5 Å².